The number of hydrogen-bond donors (Lipinski definition) is 1. The summed E-state index contributed by atoms with van der Waals surface area (Å²) in [5.41, 5.74) is 3.51. The number of fused-ring (bicyclic) bond motifs is 1. The van der Waals surface area contributed by atoms with Crippen LogP contribution in [0.1, 0.15) is 0 Å². The van der Waals surface area contributed by atoms with Crippen molar-refractivity contribution in [2.45, 2.75) is 6.61 Å². The van der Waals surface area contributed by atoms with Crippen molar-refractivity contribution in [3.8, 4) is 17.1 Å². The van der Waals surface area contributed by atoms with E-state index in [4.69, 9.17) is 4.74 Å². The number of anilines is 3. The maximum absolute atomic E-state index is 13.1. The van der Waals surface area contributed by atoms with Crippen molar-refractivity contribution in [2.24, 2.45) is 7.05 Å². The van der Waals surface area contributed by atoms with Crippen LogP contribution in [0.4, 0.5) is 26.1 Å². The molecule has 0 fully saturated rings. The topological polar surface area (TPSA) is 71.3 Å². The lowest BCUT2D eigenvalue weighted by atomic mass is 10.2. The number of nitrogens with one attached hydrogen (secondary N) is 1. The molecule has 1 aromatic carbocycles. The highest BCUT2D eigenvalue weighted by molar-refractivity contribution is 7.17. The highest BCUT2D eigenvalue weighted by atomic mass is 32.1. The molecule has 0 saturated carbocycles. The molecule has 0 aliphatic carbocycles. The molecule has 3 aromatic heterocycles. The van der Waals surface area contributed by atoms with Gasteiger partial charge in [-0.15, -0.1) is 11.3 Å². The van der Waals surface area contributed by atoms with Gasteiger partial charge in [-0.2, -0.15) is 13.9 Å². The molecular formula is C22H25F2N7OS. The first-order chi connectivity index (χ1) is 15.8. The van der Waals surface area contributed by atoms with E-state index in [1.54, 1.807) is 40.4 Å². The van der Waals surface area contributed by atoms with E-state index in [1.807, 2.05) is 50.6 Å². The van der Waals surface area contributed by atoms with Crippen LogP contribution in [0.3, 0.4) is 0 Å². The number of hydrogen-bond acceptors (Lipinski definition) is 8. The number of ether oxygens (including phenoxy) is 1. The fourth-order valence-electron chi connectivity index (χ4n) is 3.35. The third kappa shape index (κ3) is 5.20. The second kappa shape index (κ2) is 9.67. The predicted molar refractivity (Wildman–Crippen MR) is 128 cm³/mol. The standard InChI is InChI=1S/C22H25F2N7OS/c1-29(2)10-11-30(3)14-5-6-15(18(13-14)32-21(23)24)26-22-25-9-7-16(27-22)19-20-17(8-12-33-20)31(4)28-19/h5-9,12-13,21H,10-11H2,1-4H3,(H,25,26,27). The fourth-order valence-corrected chi connectivity index (χ4v) is 4.26. The Morgan fingerprint density at radius 2 is 1.97 bits per heavy atom. The maximum atomic E-state index is 13.1. The van der Waals surface area contributed by atoms with Crippen LogP contribution in [-0.4, -0.2) is 65.5 Å². The summed E-state index contributed by atoms with van der Waals surface area (Å²) < 4.78 is 33.9. The number of aryl methyl sites for hydroxylation is 1. The molecule has 0 bridgehead atoms. The van der Waals surface area contributed by atoms with Gasteiger partial charge in [-0.25, -0.2) is 9.97 Å². The van der Waals surface area contributed by atoms with Crippen LogP contribution < -0.4 is 15.0 Å². The average Bonchev–Trinajstić information content (AvgIpc) is 3.37. The van der Waals surface area contributed by atoms with Gasteiger partial charge in [0.2, 0.25) is 5.95 Å². The van der Waals surface area contributed by atoms with E-state index in [2.05, 4.69) is 25.3 Å². The molecule has 0 spiro atoms. The summed E-state index contributed by atoms with van der Waals surface area (Å²) in [6.45, 7) is -1.39. The van der Waals surface area contributed by atoms with Gasteiger partial charge in [-0.3, -0.25) is 4.68 Å². The second-order valence-corrected chi connectivity index (χ2v) is 8.70. The first kappa shape index (κ1) is 22.9. The summed E-state index contributed by atoms with van der Waals surface area (Å²) in [6.07, 6.45) is 1.61. The highest BCUT2D eigenvalue weighted by Crippen LogP contribution is 2.34. The molecule has 0 saturated heterocycles. The molecule has 174 valence electrons. The van der Waals surface area contributed by atoms with Crippen LogP contribution in [0.5, 0.6) is 5.75 Å². The summed E-state index contributed by atoms with van der Waals surface area (Å²) in [6, 6.07) is 8.89. The lowest BCUT2D eigenvalue weighted by Gasteiger charge is -2.23. The lowest BCUT2D eigenvalue weighted by Crippen LogP contribution is -2.28. The molecule has 1 N–H and O–H groups in total. The van der Waals surface area contributed by atoms with Crippen LogP contribution in [-0.2, 0) is 7.05 Å². The third-order valence-corrected chi connectivity index (χ3v) is 6.02. The Hall–Kier alpha value is -3.31. The van der Waals surface area contributed by atoms with Crippen molar-refractivity contribution < 1.29 is 13.5 Å². The number of halogens is 2. The number of rotatable bonds is 9. The van der Waals surface area contributed by atoms with Crippen molar-refractivity contribution >= 4 is 38.9 Å². The number of nitrogens with zero attached hydrogens (tertiary/aromatic N) is 6. The number of aromatic nitrogens is 4. The quantitative estimate of drug-likeness (QED) is 0.385. The van der Waals surface area contributed by atoms with Crippen molar-refractivity contribution in [1.82, 2.24) is 24.6 Å². The van der Waals surface area contributed by atoms with Gasteiger partial charge in [-0.1, -0.05) is 0 Å². The molecule has 4 rings (SSSR count). The molecule has 11 heteroatoms. The zero-order chi connectivity index (χ0) is 23.5. The Labute approximate surface area is 194 Å². The summed E-state index contributed by atoms with van der Waals surface area (Å²) in [5, 5.41) is 9.58. The van der Waals surface area contributed by atoms with E-state index in [-0.39, 0.29) is 11.7 Å². The lowest BCUT2D eigenvalue weighted by molar-refractivity contribution is -0.0493. The van der Waals surface area contributed by atoms with Crippen molar-refractivity contribution in [3.63, 3.8) is 0 Å². The number of alkyl halides is 2. The first-order valence-electron chi connectivity index (χ1n) is 10.3. The van der Waals surface area contributed by atoms with E-state index in [0.717, 1.165) is 34.7 Å². The molecule has 0 atom stereocenters. The van der Waals surface area contributed by atoms with E-state index in [0.29, 0.717) is 11.4 Å². The van der Waals surface area contributed by atoms with Gasteiger partial charge in [0.15, 0.2) is 5.75 Å². The Bertz CT molecular complexity index is 1240. The summed E-state index contributed by atoms with van der Waals surface area (Å²) in [4.78, 5) is 12.8. The molecule has 0 aliphatic heterocycles. The van der Waals surface area contributed by atoms with Gasteiger partial charge in [-0.05, 0) is 43.7 Å². The highest BCUT2D eigenvalue weighted by Gasteiger charge is 2.16. The predicted octanol–water partition coefficient (Wildman–Crippen LogP) is 4.43. The molecule has 33 heavy (non-hydrogen) atoms. The minimum atomic E-state index is -2.96. The smallest absolute Gasteiger partial charge is 0.387 e. The summed E-state index contributed by atoms with van der Waals surface area (Å²) in [5.74, 6) is 0.280. The Morgan fingerprint density at radius 3 is 2.73 bits per heavy atom. The Morgan fingerprint density at radius 1 is 1.15 bits per heavy atom. The molecular weight excluding hydrogens is 448 g/mol. The van der Waals surface area contributed by atoms with Crippen LogP contribution in [0.25, 0.3) is 21.6 Å². The second-order valence-electron chi connectivity index (χ2n) is 7.78. The molecule has 4 aromatic rings. The van der Waals surface area contributed by atoms with Crippen LogP contribution >= 0.6 is 11.3 Å². The van der Waals surface area contributed by atoms with Crippen molar-refractivity contribution in [1.29, 1.82) is 0 Å². The average molecular weight is 474 g/mol. The minimum absolute atomic E-state index is 0.0201. The summed E-state index contributed by atoms with van der Waals surface area (Å²) >= 11 is 1.58. The zero-order valence-electron chi connectivity index (χ0n) is 18.8. The Balaban J connectivity index is 1.61. The van der Waals surface area contributed by atoms with Crippen LogP contribution in [0.2, 0.25) is 0 Å². The van der Waals surface area contributed by atoms with Gasteiger partial charge in [0.05, 0.1) is 21.6 Å². The van der Waals surface area contributed by atoms with Gasteiger partial charge in [0, 0.05) is 45.1 Å². The number of benzene rings is 1. The van der Waals surface area contributed by atoms with Crippen LogP contribution in [0, 0.1) is 0 Å². The van der Waals surface area contributed by atoms with E-state index in [1.165, 1.54) is 0 Å². The number of thiophene rings is 1. The zero-order valence-corrected chi connectivity index (χ0v) is 19.6. The van der Waals surface area contributed by atoms with Crippen molar-refractivity contribution in [3.05, 3.63) is 41.9 Å². The van der Waals surface area contributed by atoms with Gasteiger partial charge >= 0.3 is 6.61 Å². The fraction of sp³-hybridized carbons (Fsp3) is 0.318. The van der Waals surface area contributed by atoms with E-state index < -0.39 is 6.61 Å². The molecule has 0 unspecified atom stereocenters. The Kier molecular flexibility index (Phi) is 6.70. The van der Waals surface area contributed by atoms with Gasteiger partial charge in [0.25, 0.3) is 0 Å². The minimum Gasteiger partial charge on any atom is -0.433 e. The van der Waals surface area contributed by atoms with Gasteiger partial charge < -0.3 is 19.9 Å². The van der Waals surface area contributed by atoms with Crippen LogP contribution in [0.15, 0.2) is 41.9 Å². The normalized spacial score (nSPS) is 11.5. The summed E-state index contributed by atoms with van der Waals surface area (Å²) in [7, 11) is 7.75. The largest absolute Gasteiger partial charge is 0.433 e. The maximum Gasteiger partial charge on any atom is 0.387 e. The number of likely N-dealkylation sites (N-methyl/N-ethyl adjacent to an activating group) is 2. The molecule has 0 radical (unpaired) electrons. The van der Waals surface area contributed by atoms with E-state index >= 15 is 0 Å². The van der Waals surface area contributed by atoms with Crippen molar-refractivity contribution in [2.75, 3.05) is 44.4 Å². The van der Waals surface area contributed by atoms with E-state index in [9.17, 15) is 8.78 Å². The van der Waals surface area contributed by atoms with Gasteiger partial charge in [0.1, 0.15) is 5.69 Å². The molecule has 8 nitrogen and oxygen atoms in total. The molecule has 0 amide bonds. The molecule has 3 heterocycles. The SMILES string of the molecule is CN(C)CCN(C)c1ccc(Nc2nccc(-c3nn(C)c4ccsc34)n2)c(OC(F)F)c1. The molecule has 0 aliphatic rings. The monoisotopic (exact) mass is 473 g/mol. The first-order valence-corrected chi connectivity index (χ1v) is 11.1. The third-order valence-electron chi connectivity index (χ3n) is 5.11.